The third kappa shape index (κ3) is 3.49. The van der Waals surface area contributed by atoms with Gasteiger partial charge < -0.3 is 15.1 Å². The predicted molar refractivity (Wildman–Crippen MR) is 107 cm³/mol. The van der Waals surface area contributed by atoms with Crippen LogP contribution in [0.3, 0.4) is 0 Å². The summed E-state index contributed by atoms with van der Waals surface area (Å²) >= 11 is 0. The minimum atomic E-state index is 0.234. The monoisotopic (exact) mass is 388 g/mol. The van der Waals surface area contributed by atoms with Crippen LogP contribution in [0.1, 0.15) is 25.0 Å². The Hall–Kier alpha value is -3.55. The van der Waals surface area contributed by atoms with E-state index in [1.165, 1.54) is 0 Å². The zero-order valence-corrected chi connectivity index (χ0v) is 15.8. The number of carbonyl (C=O) groups is 1. The van der Waals surface area contributed by atoms with Gasteiger partial charge in [-0.1, -0.05) is 24.3 Å². The first-order valence-electron chi connectivity index (χ1n) is 9.69. The number of nitrogen functional groups attached to an aromatic ring is 1. The van der Waals surface area contributed by atoms with E-state index in [2.05, 4.69) is 20.2 Å². The first kappa shape index (κ1) is 17.5. The molecule has 3 heterocycles. The molecule has 5 rings (SSSR count). The van der Waals surface area contributed by atoms with Gasteiger partial charge in [0.15, 0.2) is 11.5 Å². The highest BCUT2D eigenvalue weighted by atomic mass is 16.4. The Morgan fingerprint density at radius 2 is 1.93 bits per heavy atom. The summed E-state index contributed by atoms with van der Waals surface area (Å²) < 4.78 is 5.78. The summed E-state index contributed by atoms with van der Waals surface area (Å²) in [6, 6.07) is 9.51. The van der Waals surface area contributed by atoms with Crippen molar-refractivity contribution in [1.29, 1.82) is 0 Å². The van der Waals surface area contributed by atoms with Crippen molar-refractivity contribution >= 4 is 17.3 Å². The summed E-state index contributed by atoms with van der Waals surface area (Å²) in [6.45, 7) is 1.30. The van der Waals surface area contributed by atoms with E-state index in [9.17, 15) is 4.79 Å². The molecule has 0 bridgehead atoms. The van der Waals surface area contributed by atoms with Gasteiger partial charge in [-0.25, -0.2) is 9.97 Å². The van der Waals surface area contributed by atoms with Crippen molar-refractivity contribution in [1.82, 2.24) is 25.1 Å². The van der Waals surface area contributed by atoms with Crippen LogP contribution in [0.2, 0.25) is 0 Å². The van der Waals surface area contributed by atoms with Crippen molar-refractivity contribution in [2.24, 2.45) is 5.92 Å². The van der Waals surface area contributed by atoms with Crippen LogP contribution in [0.25, 0.3) is 28.6 Å². The number of carbonyl (C=O) groups excluding carboxylic acids is 1. The van der Waals surface area contributed by atoms with Crippen LogP contribution in [0.4, 0.5) is 5.82 Å². The van der Waals surface area contributed by atoms with Crippen LogP contribution < -0.4 is 5.73 Å². The lowest BCUT2D eigenvalue weighted by atomic mass is 10.0. The topological polar surface area (TPSA) is 111 Å². The smallest absolute Gasteiger partial charge is 0.270 e. The van der Waals surface area contributed by atoms with Crippen LogP contribution in [-0.4, -0.2) is 44.1 Å². The Bertz CT molecular complexity index is 1090. The third-order valence-corrected chi connectivity index (χ3v) is 5.23. The average Bonchev–Trinajstić information content (AvgIpc) is 3.51. The second kappa shape index (κ2) is 7.12. The van der Waals surface area contributed by atoms with Gasteiger partial charge in [0.2, 0.25) is 11.8 Å². The number of benzene rings is 1. The molecule has 2 aromatic heterocycles. The summed E-state index contributed by atoms with van der Waals surface area (Å²) in [5, 5.41) is 8.20. The first-order chi connectivity index (χ1) is 14.2. The molecule has 0 radical (unpaired) electrons. The van der Waals surface area contributed by atoms with Crippen molar-refractivity contribution in [3.05, 3.63) is 48.3 Å². The first-order valence-corrected chi connectivity index (χ1v) is 9.69. The molecule has 29 heavy (non-hydrogen) atoms. The highest BCUT2D eigenvalue weighted by molar-refractivity contribution is 5.82. The van der Waals surface area contributed by atoms with Crippen molar-refractivity contribution in [2.75, 3.05) is 18.8 Å². The van der Waals surface area contributed by atoms with Gasteiger partial charge in [-0.3, -0.25) is 4.79 Å². The second-order valence-corrected chi connectivity index (χ2v) is 7.31. The zero-order valence-electron chi connectivity index (χ0n) is 15.8. The highest BCUT2D eigenvalue weighted by Gasteiger charge is 2.33. The number of amides is 1. The van der Waals surface area contributed by atoms with E-state index in [1.807, 2.05) is 41.3 Å². The molecule has 0 unspecified atom stereocenters. The number of anilines is 1. The fourth-order valence-electron chi connectivity index (χ4n) is 3.42. The minimum absolute atomic E-state index is 0.234. The maximum Gasteiger partial charge on any atom is 0.270 e. The van der Waals surface area contributed by atoms with E-state index in [0.717, 1.165) is 30.4 Å². The van der Waals surface area contributed by atoms with Crippen LogP contribution in [0, 0.1) is 5.92 Å². The Balaban J connectivity index is 1.40. The molecule has 1 aliphatic carbocycles. The Labute approximate surface area is 167 Å². The molecule has 1 saturated carbocycles. The second-order valence-electron chi connectivity index (χ2n) is 7.31. The van der Waals surface area contributed by atoms with E-state index < -0.39 is 0 Å². The summed E-state index contributed by atoms with van der Waals surface area (Å²) in [5.41, 5.74) is 8.98. The van der Waals surface area contributed by atoms with Gasteiger partial charge in [-0.15, -0.1) is 10.2 Å². The molecule has 146 valence electrons. The molecule has 0 spiro atoms. The summed E-state index contributed by atoms with van der Waals surface area (Å²) in [7, 11) is 0. The van der Waals surface area contributed by atoms with E-state index in [4.69, 9.17) is 10.2 Å². The number of rotatable bonds is 4. The molecule has 1 amide bonds. The number of hydrogen-bond donors (Lipinski definition) is 1. The highest BCUT2D eigenvalue weighted by Crippen LogP contribution is 2.33. The molecule has 8 heteroatoms. The largest absolute Gasteiger partial charge is 0.414 e. The van der Waals surface area contributed by atoms with Gasteiger partial charge in [0, 0.05) is 24.6 Å². The van der Waals surface area contributed by atoms with Crippen LogP contribution >= 0.6 is 0 Å². The van der Waals surface area contributed by atoms with Gasteiger partial charge in [0.25, 0.3) is 5.89 Å². The summed E-state index contributed by atoms with van der Waals surface area (Å²) in [4.78, 5) is 23.1. The normalized spacial score (nSPS) is 16.6. The molecular formula is C21H20N6O2. The van der Waals surface area contributed by atoms with Crippen molar-refractivity contribution < 1.29 is 9.21 Å². The van der Waals surface area contributed by atoms with Crippen LogP contribution in [0.15, 0.2) is 47.0 Å². The Morgan fingerprint density at radius 1 is 1.14 bits per heavy atom. The molecule has 3 aromatic rings. The fourth-order valence-corrected chi connectivity index (χ4v) is 3.42. The van der Waals surface area contributed by atoms with E-state index in [-0.39, 0.29) is 23.5 Å². The van der Waals surface area contributed by atoms with Crippen LogP contribution in [0.5, 0.6) is 0 Å². The maximum absolute atomic E-state index is 12.2. The molecule has 1 aromatic carbocycles. The number of hydrogen-bond acceptors (Lipinski definition) is 7. The third-order valence-electron chi connectivity index (χ3n) is 5.23. The van der Waals surface area contributed by atoms with Gasteiger partial charge in [-0.05, 0) is 37.0 Å². The van der Waals surface area contributed by atoms with Gasteiger partial charge >= 0.3 is 0 Å². The van der Waals surface area contributed by atoms with Gasteiger partial charge in [-0.2, -0.15) is 0 Å². The van der Waals surface area contributed by atoms with Gasteiger partial charge in [0.05, 0.1) is 11.9 Å². The number of nitrogens with zero attached hydrogens (tertiary/aromatic N) is 5. The average molecular weight is 388 g/mol. The molecule has 0 saturated heterocycles. The lowest BCUT2D eigenvalue weighted by molar-refractivity contribution is -0.132. The molecule has 1 aliphatic heterocycles. The zero-order chi connectivity index (χ0) is 19.8. The number of aromatic nitrogens is 4. The standard InChI is InChI=1S/C21H20N6O2/c22-18-17(20-26-25-19(29-20)14-4-2-1-3-5-14)24-16(12-23-18)13-8-10-27(11-9-13)21(28)15-6-7-15/h1-5,8,12,15H,6-7,9-11H2,(H2,22,23). The lowest BCUT2D eigenvalue weighted by Crippen LogP contribution is -2.35. The predicted octanol–water partition coefficient (Wildman–Crippen LogP) is 2.80. The summed E-state index contributed by atoms with van der Waals surface area (Å²) in [5.74, 6) is 1.38. The quantitative estimate of drug-likeness (QED) is 0.731. The van der Waals surface area contributed by atoms with E-state index in [1.54, 1.807) is 6.20 Å². The van der Waals surface area contributed by atoms with Crippen molar-refractivity contribution in [3.8, 4) is 23.0 Å². The maximum atomic E-state index is 12.2. The molecule has 8 nitrogen and oxygen atoms in total. The molecule has 0 atom stereocenters. The minimum Gasteiger partial charge on any atom is -0.414 e. The van der Waals surface area contributed by atoms with E-state index >= 15 is 0 Å². The van der Waals surface area contributed by atoms with Crippen molar-refractivity contribution in [2.45, 2.75) is 19.3 Å². The van der Waals surface area contributed by atoms with Gasteiger partial charge in [0.1, 0.15) is 0 Å². The Morgan fingerprint density at radius 3 is 2.66 bits per heavy atom. The fraction of sp³-hybridized carbons (Fsp3) is 0.286. The molecular weight excluding hydrogens is 368 g/mol. The SMILES string of the molecule is Nc1ncc(C2=CCN(C(=O)C3CC3)CC2)nc1-c1nnc(-c2ccccc2)o1. The number of nitrogens with two attached hydrogens (primary N) is 1. The van der Waals surface area contributed by atoms with Crippen molar-refractivity contribution in [3.63, 3.8) is 0 Å². The Kier molecular flexibility index (Phi) is 4.31. The molecule has 2 aliphatic rings. The van der Waals surface area contributed by atoms with Crippen LogP contribution in [-0.2, 0) is 4.79 Å². The lowest BCUT2D eigenvalue weighted by Gasteiger charge is -2.26. The summed E-state index contributed by atoms with van der Waals surface area (Å²) in [6.07, 6.45) is 6.46. The van der Waals surface area contributed by atoms with E-state index in [0.29, 0.717) is 30.4 Å². The molecule has 1 fully saturated rings. The molecule has 2 N–H and O–H groups in total.